The topological polar surface area (TPSA) is 71.6 Å². The zero-order valence-corrected chi connectivity index (χ0v) is 20.6. The zero-order chi connectivity index (χ0) is 24.0. The minimum atomic E-state index is -0.530. The van der Waals surface area contributed by atoms with Crippen LogP contribution in [-0.4, -0.2) is 71.8 Å². The van der Waals surface area contributed by atoms with Crippen LogP contribution in [-0.2, 0) is 17.7 Å². The number of piperidine rings is 1. The van der Waals surface area contributed by atoms with Gasteiger partial charge < -0.3 is 24.0 Å². The largest absolute Gasteiger partial charge is 0.497 e. The summed E-state index contributed by atoms with van der Waals surface area (Å²) < 4.78 is 16.7. The SMILES string of the molecule is CCN1C(=O)N2Cc3cc(OC)cc(OC)c3CC=C2C12CCN(C(=O)OC(C)(C)C)CC2. The number of nitrogens with zero attached hydrogens (tertiary/aromatic N) is 3. The summed E-state index contributed by atoms with van der Waals surface area (Å²) in [6.45, 7) is 9.84. The Balaban J connectivity index is 1.64. The maximum atomic E-state index is 13.6. The van der Waals surface area contributed by atoms with E-state index in [9.17, 15) is 9.59 Å². The molecule has 3 aliphatic rings. The molecule has 0 N–H and O–H groups in total. The van der Waals surface area contributed by atoms with E-state index in [4.69, 9.17) is 14.2 Å². The van der Waals surface area contributed by atoms with Crippen molar-refractivity contribution in [1.82, 2.24) is 14.7 Å². The van der Waals surface area contributed by atoms with Crippen LogP contribution < -0.4 is 9.47 Å². The first kappa shape index (κ1) is 23.3. The van der Waals surface area contributed by atoms with Gasteiger partial charge in [-0.3, -0.25) is 4.90 Å². The fourth-order valence-electron chi connectivity index (χ4n) is 5.34. The Morgan fingerprint density at radius 3 is 2.39 bits per heavy atom. The summed E-state index contributed by atoms with van der Waals surface area (Å²) in [7, 11) is 3.29. The smallest absolute Gasteiger partial charge is 0.410 e. The molecular weight excluding hydrogens is 422 g/mol. The van der Waals surface area contributed by atoms with Gasteiger partial charge in [0.05, 0.1) is 26.3 Å². The molecule has 0 unspecified atom stereocenters. The molecule has 0 aliphatic carbocycles. The van der Waals surface area contributed by atoms with Gasteiger partial charge in [0.15, 0.2) is 0 Å². The summed E-state index contributed by atoms with van der Waals surface area (Å²) in [5.41, 5.74) is 2.21. The van der Waals surface area contributed by atoms with Crippen molar-refractivity contribution in [2.24, 2.45) is 0 Å². The Bertz CT molecular complexity index is 973. The van der Waals surface area contributed by atoms with Crippen LogP contribution in [0.4, 0.5) is 9.59 Å². The van der Waals surface area contributed by atoms with Crippen molar-refractivity contribution in [1.29, 1.82) is 0 Å². The highest BCUT2D eigenvalue weighted by molar-refractivity contribution is 5.83. The van der Waals surface area contributed by atoms with Crippen LogP contribution >= 0.6 is 0 Å². The molecule has 2 fully saturated rings. The average Bonchev–Trinajstić information content (AvgIpc) is 2.89. The molecule has 3 heterocycles. The van der Waals surface area contributed by atoms with E-state index in [0.29, 0.717) is 51.2 Å². The zero-order valence-electron chi connectivity index (χ0n) is 20.6. The molecular formula is C25H35N3O5. The number of benzene rings is 1. The fourth-order valence-corrected chi connectivity index (χ4v) is 5.34. The Hall–Kier alpha value is -2.90. The second kappa shape index (κ2) is 8.47. The quantitative estimate of drug-likeness (QED) is 0.681. The highest BCUT2D eigenvalue weighted by atomic mass is 16.6. The number of likely N-dealkylation sites (tertiary alicyclic amines) is 1. The third-order valence-electron chi connectivity index (χ3n) is 6.86. The minimum Gasteiger partial charge on any atom is -0.497 e. The summed E-state index contributed by atoms with van der Waals surface area (Å²) in [4.78, 5) is 31.8. The van der Waals surface area contributed by atoms with Crippen molar-refractivity contribution in [2.75, 3.05) is 33.9 Å². The Labute approximate surface area is 196 Å². The number of rotatable bonds is 3. The number of carbonyl (C=O) groups excluding carboxylic acids is 2. The third-order valence-corrected chi connectivity index (χ3v) is 6.86. The first-order valence-electron chi connectivity index (χ1n) is 11.6. The molecule has 4 rings (SSSR count). The van der Waals surface area contributed by atoms with Gasteiger partial charge in [-0.05, 0) is 58.6 Å². The molecule has 0 aromatic heterocycles. The van der Waals surface area contributed by atoms with Crippen molar-refractivity contribution in [3.63, 3.8) is 0 Å². The van der Waals surface area contributed by atoms with Crippen LogP contribution in [0.15, 0.2) is 23.9 Å². The molecule has 3 aliphatic heterocycles. The summed E-state index contributed by atoms with van der Waals surface area (Å²) in [6, 6.07) is 3.90. The lowest BCUT2D eigenvalue weighted by molar-refractivity contribution is 0.0113. The molecule has 0 atom stereocenters. The number of hydrogen-bond acceptors (Lipinski definition) is 5. The molecule has 0 saturated carbocycles. The summed E-state index contributed by atoms with van der Waals surface area (Å²) in [6.07, 6.45) is 3.94. The summed E-state index contributed by atoms with van der Waals surface area (Å²) in [5.74, 6) is 1.49. The van der Waals surface area contributed by atoms with Crippen LogP contribution in [0.5, 0.6) is 11.5 Å². The highest BCUT2D eigenvalue weighted by Crippen LogP contribution is 2.46. The predicted molar refractivity (Wildman–Crippen MR) is 124 cm³/mol. The molecule has 2 saturated heterocycles. The number of hydrogen-bond donors (Lipinski definition) is 0. The number of carbonyl (C=O) groups is 2. The lowest BCUT2D eigenvalue weighted by Gasteiger charge is -2.44. The Kier molecular flexibility index (Phi) is 5.97. The molecule has 1 aromatic rings. The van der Waals surface area contributed by atoms with E-state index in [1.807, 2.05) is 49.6 Å². The monoisotopic (exact) mass is 457 g/mol. The standard InChI is InChI=1S/C25H35N3O5/c1-7-28-22(29)27-16-17-14-18(31-5)15-20(32-6)19(17)8-9-21(27)25(28)10-12-26(13-11-25)23(30)33-24(2,3)4/h9,14-15H,7-8,10-13,16H2,1-6H3. The van der Waals surface area contributed by atoms with E-state index in [-0.39, 0.29) is 12.1 Å². The Morgan fingerprint density at radius 2 is 1.82 bits per heavy atom. The van der Waals surface area contributed by atoms with Gasteiger partial charge in [0.2, 0.25) is 0 Å². The number of allylic oxidation sites excluding steroid dienone is 1. The maximum Gasteiger partial charge on any atom is 0.410 e. The van der Waals surface area contributed by atoms with Crippen molar-refractivity contribution in [3.8, 4) is 11.5 Å². The number of urea groups is 1. The second-order valence-electron chi connectivity index (χ2n) is 9.87. The number of ether oxygens (including phenoxy) is 3. The summed E-state index contributed by atoms with van der Waals surface area (Å²) >= 11 is 0. The van der Waals surface area contributed by atoms with E-state index >= 15 is 0 Å². The van der Waals surface area contributed by atoms with E-state index in [1.54, 1.807) is 19.1 Å². The predicted octanol–water partition coefficient (Wildman–Crippen LogP) is 4.17. The molecule has 1 aromatic carbocycles. The molecule has 8 heteroatoms. The van der Waals surface area contributed by atoms with Gasteiger partial charge in [-0.1, -0.05) is 6.08 Å². The highest BCUT2D eigenvalue weighted by Gasteiger charge is 2.55. The van der Waals surface area contributed by atoms with Gasteiger partial charge >= 0.3 is 12.1 Å². The van der Waals surface area contributed by atoms with Crippen molar-refractivity contribution >= 4 is 12.1 Å². The lowest BCUT2D eigenvalue weighted by atomic mass is 9.83. The van der Waals surface area contributed by atoms with Gasteiger partial charge in [0.1, 0.15) is 17.1 Å². The van der Waals surface area contributed by atoms with Gasteiger partial charge in [-0.2, -0.15) is 0 Å². The Morgan fingerprint density at radius 1 is 1.12 bits per heavy atom. The number of fused-ring (bicyclic) bond motifs is 3. The first-order chi connectivity index (χ1) is 15.6. The molecule has 0 radical (unpaired) electrons. The van der Waals surface area contributed by atoms with Gasteiger partial charge in [0.25, 0.3) is 0 Å². The number of methoxy groups -OCH3 is 2. The molecule has 3 amide bonds. The van der Waals surface area contributed by atoms with Crippen LogP contribution in [0.25, 0.3) is 0 Å². The van der Waals surface area contributed by atoms with E-state index < -0.39 is 11.1 Å². The van der Waals surface area contributed by atoms with Gasteiger partial charge in [0, 0.05) is 37.0 Å². The second-order valence-corrected chi connectivity index (χ2v) is 9.87. The van der Waals surface area contributed by atoms with E-state index in [1.165, 1.54) is 0 Å². The van der Waals surface area contributed by atoms with Crippen LogP contribution in [0.2, 0.25) is 0 Å². The average molecular weight is 458 g/mol. The van der Waals surface area contributed by atoms with Crippen LogP contribution in [0.1, 0.15) is 51.7 Å². The van der Waals surface area contributed by atoms with Gasteiger partial charge in [-0.25, -0.2) is 9.59 Å². The number of amides is 3. The molecule has 8 nitrogen and oxygen atoms in total. The van der Waals surface area contributed by atoms with Gasteiger partial charge in [-0.15, -0.1) is 0 Å². The van der Waals surface area contributed by atoms with Crippen molar-refractivity contribution < 1.29 is 23.8 Å². The molecule has 180 valence electrons. The fraction of sp³-hybridized carbons (Fsp3) is 0.600. The molecule has 33 heavy (non-hydrogen) atoms. The maximum absolute atomic E-state index is 13.6. The van der Waals surface area contributed by atoms with E-state index in [2.05, 4.69) is 6.08 Å². The normalized spacial score (nSPS) is 19.6. The van der Waals surface area contributed by atoms with Crippen LogP contribution in [0.3, 0.4) is 0 Å². The number of likely N-dealkylation sites (N-methyl/N-ethyl adjacent to an activating group) is 1. The van der Waals surface area contributed by atoms with Crippen molar-refractivity contribution in [2.45, 2.75) is 64.6 Å². The minimum absolute atomic E-state index is 0.0177. The molecule has 1 spiro atoms. The van der Waals surface area contributed by atoms with Crippen molar-refractivity contribution in [3.05, 3.63) is 35.0 Å². The first-order valence-corrected chi connectivity index (χ1v) is 11.6. The van der Waals surface area contributed by atoms with E-state index in [0.717, 1.165) is 22.6 Å². The lowest BCUT2D eigenvalue weighted by Crippen LogP contribution is -2.55. The third kappa shape index (κ3) is 4.00. The summed E-state index contributed by atoms with van der Waals surface area (Å²) in [5, 5.41) is 0. The van der Waals surface area contributed by atoms with Crippen LogP contribution in [0, 0.1) is 0 Å². The molecule has 0 bridgehead atoms.